The summed E-state index contributed by atoms with van der Waals surface area (Å²) in [5, 5.41) is 3.04. The predicted octanol–water partition coefficient (Wildman–Crippen LogP) is 5.14. The molecule has 6 nitrogen and oxygen atoms in total. The van der Waals surface area contributed by atoms with Crippen molar-refractivity contribution in [1.82, 2.24) is 19.9 Å². The Balaban J connectivity index is 1.50. The first-order valence-corrected chi connectivity index (χ1v) is 11.6. The number of aromatic nitrogens is 3. The highest BCUT2D eigenvalue weighted by atomic mass is 16.1. The molecule has 5 aromatic rings. The fraction of sp³-hybridized carbons (Fsp3) is 0.179. The molecule has 2 aromatic heterocycles. The summed E-state index contributed by atoms with van der Waals surface area (Å²) in [6.45, 7) is 2.61. The zero-order chi connectivity index (χ0) is 23.5. The number of rotatable bonds is 7. The Kier molecular flexibility index (Phi) is 5.95. The molecule has 0 unspecified atom stereocenters. The minimum Gasteiger partial charge on any atom is -0.384 e. The van der Waals surface area contributed by atoms with Crippen molar-refractivity contribution in [2.24, 2.45) is 0 Å². The summed E-state index contributed by atoms with van der Waals surface area (Å²) in [4.78, 5) is 23.0. The largest absolute Gasteiger partial charge is 0.384 e. The normalized spacial score (nSPS) is 12.1. The van der Waals surface area contributed by atoms with Crippen molar-refractivity contribution in [2.75, 3.05) is 12.3 Å². The second-order valence-corrected chi connectivity index (χ2v) is 8.45. The summed E-state index contributed by atoms with van der Waals surface area (Å²) in [6.07, 6.45) is 1.73. The van der Waals surface area contributed by atoms with E-state index < -0.39 is 0 Å². The lowest BCUT2D eigenvalue weighted by Gasteiger charge is -2.17. The van der Waals surface area contributed by atoms with Gasteiger partial charge in [0.1, 0.15) is 16.9 Å². The molecule has 2 heterocycles. The average molecular weight is 450 g/mol. The van der Waals surface area contributed by atoms with E-state index in [9.17, 15) is 4.79 Å². The number of carbonyl (C=O) groups is 1. The molecule has 0 fully saturated rings. The second-order valence-electron chi connectivity index (χ2n) is 8.45. The van der Waals surface area contributed by atoms with E-state index in [0.29, 0.717) is 29.1 Å². The van der Waals surface area contributed by atoms with Crippen LogP contribution < -0.4 is 11.1 Å². The van der Waals surface area contributed by atoms with Crippen molar-refractivity contribution >= 4 is 33.9 Å². The Labute approximate surface area is 198 Å². The minimum atomic E-state index is -0.223. The molecule has 0 saturated carbocycles. The van der Waals surface area contributed by atoms with Gasteiger partial charge in [0.15, 0.2) is 5.65 Å². The number of hydrogen-bond acceptors (Lipinski definition) is 4. The van der Waals surface area contributed by atoms with Gasteiger partial charge in [-0.05, 0) is 43.0 Å². The first-order valence-electron chi connectivity index (χ1n) is 11.6. The molecule has 3 aromatic carbocycles. The predicted molar refractivity (Wildman–Crippen MR) is 137 cm³/mol. The van der Waals surface area contributed by atoms with Gasteiger partial charge >= 0.3 is 0 Å². The van der Waals surface area contributed by atoms with Crippen molar-refractivity contribution in [3.8, 4) is 0 Å². The van der Waals surface area contributed by atoms with E-state index in [1.807, 2.05) is 77.4 Å². The molecule has 0 spiro atoms. The third-order valence-corrected chi connectivity index (χ3v) is 6.20. The van der Waals surface area contributed by atoms with Crippen LogP contribution in [0.1, 0.15) is 40.9 Å². The molecule has 3 N–H and O–H groups in total. The van der Waals surface area contributed by atoms with Crippen LogP contribution in [-0.4, -0.2) is 27.0 Å². The first-order chi connectivity index (χ1) is 16.6. The number of nitrogens with one attached hydrogen (secondary N) is 1. The lowest BCUT2D eigenvalue weighted by atomic mass is 10.1. The molecular formula is C28H27N5O. The maximum absolute atomic E-state index is 13.3. The van der Waals surface area contributed by atoms with Gasteiger partial charge in [0, 0.05) is 6.54 Å². The van der Waals surface area contributed by atoms with Gasteiger partial charge in [-0.3, -0.25) is 4.79 Å². The maximum Gasteiger partial charge on any atom is 0.257 e. The molecule has 1 amide bonds. The van der Waals surface area contributed by atoms with Crippen LogP contribution in [0.25, 0.3) is 22.2 Å². The fourth-order valence-electron chi connectivity index (χ4n) is 4.41. The number of nitrogens with zero attached hydrogens (tertiary/aromatic N) is 3. The van der Waals surface area contributed by atoms with E-state index >= 15 is 0 Å². The quantitative estimate of drug-likeness (QED) is 0.337. The van der Waals surface area contributed by atoms with Crippen LogP contribution in [0.2, 0.25) is 0 Å². The SMILES string of the molecule is C[C@@H](c1ccccc1)n1c(N)c(C(=O)NCCCc2ccccc2)c2nc3ccccc3nc21. The van der Waals surface area contributed by atoms with Gasteiger partial charge in [-0.25, -0.2) is 9.97 Å². The highest BCUT2D eigenvalue weighted by Gasteiger charge is 2.26. The van der Waals surface area contributed by atoms with Crippen LogP contribution in [-0.2, 0) is 6.42 Å². The Morgan fingerprint density at radius 1 is 0.912 bits per heavy atom. The number of nitrogen functional groups attached to an aromatic ring is 1. The number of hydrogen-bond donors (Lipinski definition) is 2. The van der Waals surface area contributed by atoms with Crippen molar-refractivity contribution in [1.29, 1.82) is 0 Å². The van der Waals surface area contributed by atoms with E-state index in [1.165, 1.54) is 5.56 Å². The number of nitrogens with two attached hydrogens (primary N) is 1. The molecule has 1 atom stereocenters. The summed E-state index contributed by atoms with van der Waals surface area (Å²) in [5.41, 5.74) is 12.0. The molecule has 0 aliphatic rings. The monoisotopic (exact) mass is 449 g/mol. The van der Waals surface area contributed by atoms with Crippen LogP contribution >= 0.6 is 0 Å². The van der Waals surface area contributed by atoms with Gasteiger partial charge in [0.05, 0.1) is 17.1 Å². The molecule has 6 heteroatoms. The third-order valence-electron chi connectivity index (χ3n) is 6.20. The van der Waals surface area contributed by atoms with Gasteiger partial charge in [0.2, 0.25) is 0 Å². The average Bonchev–Trinajstić information content (AvgIpc) is 3.16. The van der Waals surface area contributed by atoms with E-state index in [-0.39, 0.29) is 11.9 Å². The minimum absolute atomic E-state index is 0.112. The second kappa shape index (κ2) is 9.35. The summed E-state index contributed by atoms with van der Waals surface area (Å²) < 4.78 is 1.92. The summed E-state index contributed by atoms with van der Waals surface area (Å²) >= 11 is 0. The highest BCUT2D eigenvalue weighted by molar-refractivity contribution is 6.10. The van der Waals surface area contributed by atoms with Crippen molar-refractivity contribution < 1.29 is 4.79 Å². The van der Waals surface area contributed by atoms with Gasteiger partial charge in [-0.1, -0.05) is 72.8 Å². The Hall–Kier alpha value is -4.19. The number of amides is 1. The number of fused-ring (bicyclic) bond motifs is 2. The molecule has 5 rings (SSSR count). The first kappa shape index (κ1) is 21.6. The topological polar surface area (TPSA) is 85.8 Å². The van der Waals surface area contributed by atoms with Gasteiger partial charge in [-0.2, -0.15) is 0 Å². The number of para-hydroxylation sites is 2. The van der Waals surface area contributed by atoms with Crippen molar-refractivity contribution in [3.63, 3.8) is 0 Å². The van der Waals surface area contributed by atoms with E-state index in [0.717, 1.165) is 29.4 Å². The van der Waals surface area contributed by atoms with E-state index in [4.69, 9.17) is 15.7 Å². The Morgan fingerprint density at radius 2 is 1.53 bits per heavy atom. The van der Waals surface area contributed by atoms with Gasteiger partial charge < -0.3 is 15.6 Å². The van der Waals surface area contributed by atoms with Crippen molar-refractivity contribution in [2.45, 2.75) is 25.8 Å². The highest BCUT2D eigenvalue weighted by Crippen LogP contribution is 2.33. The van der Waals surface area contributed by atoms with E-state index in [1.54, 1.807) is 0 Å². The van der Waals surface area contributed by atoms with Gasteiger partial charge in [0.25, 0.3) is 5.91 Å². The molecule has 0 saturated heterocycles. The summed E-state index contributed by atoms with van der Waals surface area (Å²) in [6, 6.07) is 27.9. The summed E-state index contributed by atoms with van der Waals surface area (Å²) in [5.74, 6) is 0.154. The summed E-state index contributed by atoms with van der Waals surface area (Å²) in [7, 11) is 0. The number of anilines is 1. The number of aryl methyl sites for hydroxylation is 1. The zero-order valence-electron chi connectivity index (χ0n) is 19.1. The lowest BCUT2D eigenvalue weighted by Crippen LogP contribution is -2.26. The van der Waals surface area contributed by atoms with Crippen molar-refractivity contribution in [3.05, 3.63) is 102 Å². The lowest BCUT2D eigenvalue weighted by molar-refractivity contribution is 0.0955. The molecule has 0 aliphatic heterocycles. The standard InChI is InChI=1S/C28H27N5O/c1-19(21-14-6-3-7-15-21)33-26(29)24(25-27(33)32-23-17-9-8-16-22(23)31-25)28(34)30-18-10-13-20-11-4-2-5-12-20/h2-9,11-12,14-17,19H,10,13,18,29H2,1H3,(H,30,34)/t19-/m0/s1. The number of benzene rings is 3. The van der Waals surface area contributed by atoms with Crippen LogP contribution in [0, 0.1) is 0 Å². The molecule has 0 bridgehead atoms. The molecule has 34 heavy (non-hydrogen) atoms. The molecule has 0 aliphatic carbocycles. The molecule has 170 valence electrons. The maximum atomic E-state index is 13.3. The Bertz CT molecular complexity index is 1440. The zero-order valence-corrected chi connectivity index (χ0v) is 19.1. The molecular weight excluding hydrogens is 422 g/mol. The third kappa shape index (κ3) is 4.10. The Morgan fingerprint density at radius 3 is 2.24 bits per heavy atom. The van der Waals surface area contributed by atoms with Crippen LogP contribution in [0.5, 0.6) is 0 Å². The smallest absolute Gasteiger partial charge is 0.257 e. The molecule has 0 radical (unpaired) electrons. The number of carbonyl (C=O) groups excluding carboxylic acids is 1. The van der Waals surface area contributed by atoms with Crippen LogP contribution in [0.3, 0.4) is 0 Å². The van der Waals surface area contributed by atoms with E-state index in [2.05, 4.69) is 24.4 Å². The van der Waals surface area contributed by atoms with Crippen LogP contribution in [0.4, 0.5) is 5.82 Å². The fourth-order valence-corrected chi connectivity index (χ4v) is 4.41. The van der Waals surface area contributed by atoms with Gasteiger partial charge in [-0.15, -0.1) is 0 Å². The van der Waals surface area contributed by atoms with Crippen LogP contribution in [0.15, 0.2) is 84.9 Å².